The second-order valence-corrected chi connectivity index (χ2v) is 4.68. The van der Waals surface area contributed by atoms with Crippen molar-refractivity contribution in [2.75, 3.05) is 12.8 Å². The van der Waals surface area contributed by atoms with Gasteiger partial charge in [-0.1, -0.05) is 42.5 Å². The molecule has 2 aromatic rings. The maximum absolute atomic E-state index is 12.0. The topological polar surface area (TPSA) is 46.3 Å². The Balaban J connectivity index is 1.97. The van der Waals surface area contributed by atoms with Crippen LogP contribution in [0.3, 0.4) is 0 Å². The number of hydrogen-bond acceptors (Lipinski definition) is 2. The van der Waals surface area contributed by atoms with Gasteiger partial charge in [-0.15, -0.1) is 0 Å². The summed E-state index contributed by atoms with van der Waals surface area (Å²) in [6.45, 7) is 0.598. The van der Waals surface area contributed by atoms with E-state index in [0.29, 0.717) is 12.2 Å². The Labute approximate surface area is 119 Å². The van der Waals surface area contributed by atoms with Crippen molar-refractivity contribution in [2.45, 2.75) is 6.54 Å². The first-order valence-corrected chi connectivity index (χ1v) is 6.48. The average Bonchev–Trinajstić information content (AvgIpc) is 2.46. The third-order valence-corrected chi connectivity index (χ3v) is 2.97. The van der Waals surface area contributed by atoms with Crippen LogP contribution in [0, 0.1) is 0 Å². The van der Waals surface area contributed by atoms with E-state index in [1.54, 1.807) is 24.1 Å². The van der Waals surface area contributed by atoms with E-state index in [2.05, 4.69) is 0 Å². The number of rotatable bonds is 4. The van der Waals surface area contributed by atoms with E-state index in [0.717, 1.165) is 11.1 Å². The zero-order valence-corrected chi connectivity index (χ0v) is 11.5. The molecule has 0 aliphatic carbocycles. The first-order chi connectivity index (χ1) is 9.65. The van der Waals surface area contributed by atoms with Crippen LogP contribution in [0.2, 0.25) is 0 Å². The number of benzene rings is 2. The van der Waals surface area contributed by atoms with Crippen LogP contribution in [-0.4, -0.2) is 17.9 Å². The van der Waals surface area contributed by atoms with Crippen molar-refractivity contribution in [1.29, 1.82) is 0 Å². The summed E-state index contributed by atoms with van der Waals surface area (Å²) in [6.07, 6.45) is 3.35. The van der Waals surface area contributed by atoms with Gasteiger partial charge in [-0.3, -0.25) is 4.79 Å². The van der Waals surface area contributed by atoms with E-state index < -0.39 is 0 Å². The summed E-state index contributed by atoms with van der Waals surface area (Å²) in [5.74, 6) is -0.0312. The smallest absolute Gasteiger partial charge is 0.246 e. The lowest BCUT2D eigenvalue weighted by Crippen LogP contribution is -2.23. The number of nitrogen functional groups attached to an aromatic ring is 1. The van der Waals surface area contributed by atoms with E-state index in [1.165, 1.54) is 0 Å². The zero-order valence-electron chi connectivity index (χ0n) is 11.5. The molecule has 0 saturated carbocycles. The molecule has 0 heterocycles. The number of nitrogens with zero attached hydrogens (tertiary/aromatic N) is 1. The molecule has 0 spiro atoms. The third kappa shape index (κ3) is 3.99. The summed E-state index contributed by atoms with van der Waals surface area (Å²) < 4.78 is 0. The van der Waals surface area contributed by atoms with Crippen LogP contribution in [-0.2, 0) is 11.3 Å². The van der Waals surface area contributed by atoms with Gasteiger partial charge >= 0.3 is 0 Å². The molecule has 0 unspecified atom stereocenters. The van der Waals surface area contributed by atoms with Crippen molar-refractivity contribution in [1.82, 2.24) is 4.90 Å². The summed E-state index contributed by atoms with van der Waals surface area (Å²) in [7, 11) is 1.79. The van der Waals surface area contributed by atoms with Gasteiger partial charge in [-0.2, -0.15) is 0 Å². The standard InChI is InChI=1S/C17H18N2O/c1-19(13-15-6-3-2-4-7-15)17(20)11-10-14-8-5-9-16(18)12-14/h2-12H,13,18H2,1H3/b11-10+. The van der Waals surface area contributed by atoms with Gasteiger partial charge in [0.15, 0.2) is 0 Å². The van der Waals surface area contributed by atoms with Gasteiger partial charge in [-0.05, 0) is 29.3 Å². The Kier molecular flexibility index (Phi) is 4.56. The van der Waals surface area contributed by atoms with Crippen molar-refractivity contribution in [3.63, 3.8) is 0 Å². The zero-order chi connectivity index (χ0) is 14.4. The van der Waals surface area contributed by atoms with Gasteiger partial charge in [0, 0.05) is 25.4 Å². The molecule has 0 radical (unpaired) electrons. The van der Waals surface area contributed by atoms with Gasteiger partial charge in [-0.25, -0.2) is 0 Å². The molecular weight excluding hydrogens is 248 g/mol. The molecule has 0 bridgehead atoms. The van der Waals surface area contributed by atoms with Crippen molar-refractivity contribution < 1.29 is 4.79 Å². The lowest BCUT2D eigenvalue weighted by Gasteiger charge is -2.15. The minimum absolute atomic E-state index is 0.0312. The van der Waals surface area contributed by atoms with E-state index >= 15 is 0 Å². The molecule has 0 atom stereocenters. The molecule has 2 N–H and O–H groups in total. The van der Waals surface area contributed by atoms with Crippen molar-refractivity contribution in [2.24, 2.45) is 0 Å². The van der Waals surface area contributed by atoms with Gasteiger partial charge in [0.05, 0.1) is 0 Å². The molecule has 3 heteroatoms. The highest BCUT2D eigenvalue weighted by molar-refractivity contribution is 5.91. The first kappa shape index (κ1) is 13.9. The Morgan fingerprint density at radius 2 is 1.90 bits per heavy atom. The largest absolute Gasteiger partial charge is 0.399 e. The van der Waals surface area contributed by atoms with Crippen molar-refractivity contribution in [3.05, 3.63) is 71.8 Å². The minimum Gasteiger partial charge on any atom is -0.399 e. The molecule has 0 aliphatic heterocycles. The normalized spacial score (nSPS) is 10.7. The Hall–Kier alpha value is -2.55. The number of likely N-dealkylation sites (N-methyl/N-ethyl adjacent to an activating group) is 1. The lowest BCUT2D eigenvalue weighted by molar-refractivity contribution is -0.125. The third-order valence-electron chi connectivity index (χ3n) is 2.97. The predicted molar refractivity (Wildman–Crippen MR) is 82.8 cm³/mol. The van der Waals surface area contributed by atoms with E-state index in [9.17, 15) is 4.79 Å². The van der Waals surface area contributed by atoms with Crippen molar-refractivity contribution >= 4 is 17.7 Å². The number of nitrogens with two attached hydrogens (primary N) is 1. The second-order valence-electron chi connectivity index (χ2n) is 4.68. The molecular formula is C17H18N2O. The van der Waals surface area contributed by atoms with E-state index in [-0.39, 0.29) is 5.91 Å². The number of amides is 1. The SMILES string of the molecule is CN(Cc1ccccc1)C(=O)/C=C/c1cccc(N)c1. The number of hydrogen-bond donors (Lipinski definition) is 1. The Bertz CT molecular complexity index is 605. The number of carbonyl (C=O) groups excluding carboxylic acids is 1. The monoisotopic (exact) mass is 266 g/mol. The minimum atomic E-state index is -0.0312. The van der Waals surface area contributed by atoms with Crippen LogP contribution >= 0.6 is 0 Å². The van der Waals surface area contributed by atoms with Crippen LogP contribution in [0.4, 0.5) is 5.69 Å². The molecule has 0 fully saturated rings. The van der Waals surface area contributed by atoms with Crippen LogP contribution in [0.1, 0.15) is 11.1 Å². The molecule has 20 heavy (non-hydrogen) atoms. The maximum Gasteiger partial charge on any atom is 0.246 e. The lowest BCUT2D eigenvalue weighted by atomic mass is 10.2. The molecule has 3 nitrogen and oxygen atoms in total. The predicted octanol–water partition coefficient (Wildman–Crippen LogP) is 2.94. The molecule has 0 aliphatic rings. The molecule has 0 saturated heterocycles. The Morgan fingerprint density at radius 3 is 2.60 bits per heavy atom. The van der Waals surface area contributed by atoms with E-state index in [1.807, 2.05) is 54.6 Å². The fourth-order valence-electron chi connectivity index (χ4n) is 1.89. The van der Waals surface area contributed by atoms with E-state index in [4.69, 9.17) is 5.73 Å². The molecule has 2 rings (SSSR count). The highest BCUT2D eigenvalue weighted by atomic mass is 16.2. The van der Waals surface area contributed by atoms with Gasteiger partial charge in [0.25, 0.3) is 0 Å². The summed E-state index contributed by atoms with van der Waals surface area (Å²) in [6, 6.07) is 17.3. The Morgan fingerprint density at radius 1 is 1.15 bits per heavy atom. The fraction of sp³-hybridized carbons (Fsp3) is 0.118. The average molecular weight is 266 g/mol. The van der Waals surface area contributed by atoms with Crippen LogP contribution in [0.15, 0.2) is 60.7 Å². The molecule has 1 amide bonds. The van der Waals surface area contributed by atoms with Crippen LogP contribution in [0.5, 0.6) is 0 Å². The molecule has 0 aromatic heterocycles. The van der Waals surface area contributed by atoms with Gasteiger partial charge in [0.2, 0.25) is 5.91 Å². The maximum atomic E-state index is 12.0. The van der Waals surface area contributed by atoms with Gasteiger partial charge < -0.3 is 10.6 Å². The highest BCUT2D eigenvalue weighted by Gasteiger charge is 2.05. The number of anilines is 1. The fourth-order valence-corrected chi connectivity index (χ4v) is 1.89. The summed E-state index contributed by atoms with van der Waals surface area (Å²) in [5, 5.41) is 0. The van der Waals surface area contributed by atoms with Gasteiger partial charge in [0.1, 0.15) is 0 Å². The van der Waals surface area contributed by atoms with Crippen LogP contribution < -0.4 is 5.73 Å². The summed E-state index contributed by atoms with van der Waals surface area (Å²) in [5.41, 5.74) is 8.42. The van der Waals surface area contributed by atoms with Crippen LogP contribution in [0.25, 0.3) is 6.08 Å². The van der Waals surface area contributed by atoms with Crippen molar-refractivity contribution in [3.8, 4) is 0 Å². The second kappa shape index (κ2) is 6.57. The molecule has 102 valence electrons. The first-order valence-electron chi connectivity index (χ1n) is 6.48. The summed E-state index contributed by atoms with van der Waals surface area (Å²) >= 11 is 0. The quantitative estimate of drug-likeness (QED) is 0.683. The number of carbonyl (C=O) groups is 1. The highest BCUT2D eigenvalue weighted by Crippen LogP contribution is 2.09. The summed E-state index contributed by atoms with van der Waals surface area (Å²) in [4.78, 5) is 13.7. The molecule has 2 aromatic carbocycles.